The summed E-state index contributed by atoms with van der Waals surface area (Å²) in [5.41, 5.74) is -0.110. The maximum atomic E-state index is 14.1. The predicted octanol–water partition coefficient (Wildman–Crippen LogP) is 2.58. The Morgan fingerprint density at radius 2 is 1.97 bits per heavy atom. The monoisotopic (exact) mass is 528 g/mol. The van der Waals surface area contributed by atoms with Gasteiger partial charge in [-0.2, -0.15) is 13.2 Å². The van der Waals surface area contributed by atoms with E-state index in [9.17, 15) is 18.0 Å². The van der Waals surface area contributed by atoms with E-state index in [1.54, 1.807) is 19.5 Å². The Morgan fingerprint density at radius 3 is 2.61 bits per heavy atom. The Morgan fingerprint density at radius 1 is 1.18 bits per heavy atom. The highest BCUT2D eigenvalue weighted by Crippen LogP contribution is 2.37. The fourth-order valence-electron chi connectivity index (χ4n) is 5.28. The smallest absolute Gasteiger partial charge is 0.379 e. The van der Waals surface area contributed by atoms with Crippen LogP contribution in [0, 0.1) is 0 Å². The molecule has 0 bridgehead atoms. The van der Waals surface area contributed by atoms with Crippen LogP contribution < -0.4 is 5.69 Å². The van der Waals surface area contributed by atoms with Gasteiger partial charge in [0.25, 0.3) is 0 Å². The van der Waals surface area contributed by atoms with Gasteiger partial charge in [0.05, 0.1) is 36.1 Å². The van der Waals surface area contributed by atoms with Crippen LogP contribution in [0.4, 0.5) is 13.2 Å². The first kappa shape index (κ1) is 24.8. The van der Waals surface area contributed by atoms with Gasteiger partial charge in [-0.25, -0.2) is 4.79 Å². The molecule has 2 fully saturated rings. The maximum absolute atomic E-state index is 14.1. The summed E-state index contributed by atoms with van der Waals surface area (Å²) in [7, 11) is 3.48. The molecule has 0 aliphatic carbocycles. The second-order valence-electron chi connectivity index (χ2n) is 10.2. The number of ether oxygens (including phenoxy) is 2. The molecule has 4 aromatic rings. The van der Waals surface area contributed by atoms with Crippen molar-refractivity contribution in [3.8, 4) is 5.69 Å². The number of aryl methyl sites for hydroxylation is 1. The third-order valence-corrected chi connectivity index (χ3v) is 7.59. The molecule has 0 amide bonds. The molecule has 9 nitrogen and oxygen atoms in total. The van der Waals surface area contributed by atoms with Crippen molar-refractivity contribution in [1.29, 1.82) is 0 Å². The summed E-state index contributed by atoms with van der Waals surface area (Å²) in [5.74, 6) is 0.798. The van der Waals surface area contributed by atoms with Crippen molar-refractivity contribution in [3.63, 3.8) is 0 Å². The lowest BCUT2D eigenvalue weighted by Crippen LogP contribution is -2.50. The minimum atomic E-state index is -4.62. The van der Waals surface area contributed by atoms with Gasteiger partial charge < -0.3 is 14.0 Å². The molecule has 12 heteroatoms. The molecular formula is C26H27F3N6O3. The summed E-state index contributed by atoms with van der Waals surface area (Å²) in [6, 6.07) is 8.46. The van der Waals surface area contributed by atoms with Gasteiger partial charge >= 0.3 is 11.9 Å². The van der Waals surface area contributed by atoms with E-state index in [4.69, 9.17) is 9.47 Å². The number of benzene rings is 1. The molecule has 3 aromatic heterocycles. The average molecular weight is 529 g/mol. The lowest BCUT2D eigenvalue weighted by atomic mass is 9.75. The summed E-state index contributed by atoms with van der Waals surface area (Å²) in [6.45, 7) is 2.52. The van der Waals surface area contributed by atoms with Crippen LogP contribution in [0.1, 0.15) is 22.5 Å². The SMILES string of the molecule is COC1CN(Cc2cc(C(F)(F)F)c3cn(-c4cccc(C5(Cc6nncn6C)COC5)c4)c(=O)n3c2)C1. The van der Waals surface area contributed by atoms with Crippen LogP contribution in [-0.4, -0.2) is 68.1 Å². The van der Waals surface area contributed by atoms with Gasteiger partial charge in [-0.15, -0.1) is 10.2 Å². The molecule has 2 aliphatic rings. The molecular weight excluding hydrogens is 501 g/mol. The standard InChI is InChI=1S/C26H27F3N6O3/c1-32-16-30-31-23(32)8-25(14-38-15-25)18-4-3-5-19(7-18)34-13-22-21(26(27,28)29)6-17(10-35(22)24(34)36)9-33-11-20(12-33)37-2/h3-7,10,13,16,20H,8-9,11-12,14-15H2,1-2H3. The fraction of sp³-hybridized carbons (Fsp3) is 0.423. The summed E-state index contributed by atoms with van der Waals surface area (Å²) in [5, 5.41) is 8.15. The number of aromatic nitrogens is 5. The number of methoxy groups -OCH3 is 1. The Hall–Kier alpha value is -3.48. The van der Waals surface area contributed by atoms with Gasteiger partial charge in [0, 0.05) is 58.0 Å². The molecule has 2 saturated heterocycles. The number of hydrogen-bond acceptors (Lipinski definition) is 6. The van der Waals surface area contributed by atoms with Crippen LogP contribution in [0.2, 0.25) is 0 Å². The van der Waals surface area contributed by atoms with Crippen molar-refractivity contribution in [3.05, 3.63) is 82.1 Å². The van der Waals surface area contributed by atoms with E-state index < -0.39 is 17.4 Å². The van der Waals surface area contributed by atoms with Crippen molar-refractivity contribution in [2.24, 2.45) is 7.05 Å². The van der Waals surface area contributed by atoms with E-state index in [0.29, 0.717) is 50.5 Å². The summed E-state index contributed by atoms with van der Waals surface area (Å²) in [4.78, 5) is 15.4. The van der Waals surface area contributed by atoms with Gasteiger partial charge in [-0.1, -0.05) is 12.1 Å². The van der Waals surface area contributed by atoms with Gasteiger partial charge in [-0.3, -0.25) is 13.9 Å². The lowest BCUT2D eigenvalue weighted by Gasteiger charge is -2.41. The van der Waals surface area contributed by atoms with E-state index in [1.165, 1.54) is 17.0 Å². The quantitative estimate of drug-likeness (QED) is 0.367. The van der Waals surface area contributed by atoms with Crippen LogP contribution in [0.5, 0.6) is 0 Å². The van der Waals surface area contributed by atoms with E-state index in [2.05, 4.69) is 10.2 Å². The van der Waals surface area contributed by atoms with Crippen LogP contribution in [0.3, 0.4) is 0 Å². The Labute approximate surface area is 216 Å². The normalized spacial score (nSPS) is 18.0. The Bertz CT molecular complexity index is 1550. The number of imidazole rings is 1. The highest BCUT2D eigenvalue weighted by Gasteiger charge is 2.42. The number of halogens is 3. The largest absolute Gasteiger partial charge is 0.418 e. The maximum Gasteiger partial charge on any atom is 0.418 e. The van der Waals surface area contributed by atoms with Gasteiger partial charge in [-0.05, 0) is 29.3 Å². The average Bonchev–Trinajstić information content (AvgIpc) is 3.39. The first-order chi connectivity index (χ1) is 18.2. The lowest BCUT2D eigenvalue weighted by molar-refractivity contribution is -0.136. The molecule has 0 saturated carbocycles. The number of alkyl halides is 3. The zero-order valence-electron chi connectivity index (χ0n) is 21.0. The third-order valence-electron chi connectivity index (χ3n) is 7.59. The van der Waals surface area contributed by atoms with Crippen LogP contribution in [0.25, 0.3) is 11.2 Å². The van der Waals surface area contributed by atoms with Crippen molar-refractivity contribution in [2.45, 2.75) is 30.7 Å². The van der Waals surface area contributed by atoms with E-state index in [1.807, 2.05) is 34.7 Å². The zero-order valence-corrected chi connectivity index (χ0v) is 21.0. The molecule has 200 valence electrons. The fourth-order valence-corrected chi connectivity index (χ4v) is 5.28. The van der Waals surface area contributed by atoms with Crippen LogP contribution in [-0.2, 0) is 41.1 Å². The number of hydrogen-bond donors (Lipinski definition) is 0. The third kappa shape index (κ3) is 4.22. The van der Waals surface area contributed by atoms with E-state index >= 15 is 0 Å². The van der Waals surface area contributed by atoms with Crippen molar-refractivity contribution < 1.29 is 22.6 Å². The summed E-state index contributed by atoms with van der Waals surface area (Å²) in [6.07, 6.45) is 0.454. The molecule has 6 rings (SSSR count). The molecule has 2 aliphatic heterocycles. The highest BCUT2D eigenvalue weighted by atomic mass is 19.4. The predicted molar refractivity (Wildman–Crippen MR) is 131 cm³/mol. The first-order valence-corrected chi connectivity index (χ1v) is 12.3. The molecule has 1 aromatic carbocycles. The van der Waals surface area contributed by atoms with Crippen molar-refractivity contribution >= 4 is 5.52 Å². The number of pyridine rings is 1. The highest BCUT2D eigenvalue weighted by molar-refractivity contribution is 5.58. The van der Waals surface area contributed by atoms with Gasteiger partial charge in [0.2, 0.25) is 0 Å². The summed E-state index contributed by atoms with van der Waals surface area (Å²) >= 11 is 0. The number of rotatable bonds is 7. The number of likely N-dealkylation sites (tertiary alicyclic amines) is 1. The van der Waals surface area contributed by atoms with E-state index in [-0.39, 0.29) is 17.0 Å². The minimum Gasteiger partial charge on any atom is -0.379 e. The van der Waals surface area contributed by atoms with Gasteiger partial charge in [0.15, 0.2) is 0 Å². The summed E-state index contributed by atoms with van der Waals surface area (Å²) < 4.78 is 57.3. The van der Waals surface area contributed by atoms with Crippen molar-refractivity contribution in [1.82, 2.24) is 28.6 Å². The topological polar surface area (TPSA) is 78.8 Å². The molecule has 5 heterocycles. The molecule has 38 heavy (non-hydrogen) atoms. The van der Waals surface area contributed by atoms with Crippen LogP contribution in [0.15, 0.2) is 53.8 Å². The van der Waals surface area contributed by atoms with Crippen LogP contribution >= 0.6 is 0 Å². The second kappa shape index (κ2) is 9.07. The van der Waals surface area contributed by atoms with Gasteiger partial charge in [0.1, 0.15) is 12.2 Å². The first-order valence-electron chi connectivity index (χ1n) is 12.3. The molecule has 0 spiro atoms. The minimum absolute atomic E-state index is 0.0786. The second-order valence-corrected chi connectivity index (χ2v) is 10.2. The van der Waals surface area contributed by atoms with Crippen molar-refractivity contribution in [2.75, 3.05) is 33.4 Å². The number of fused-ring (bicyclic) bond motifs is 1. The van der Waals surface area contributed by atoms with E-state index in [0.717, 1.165) is 21.9 Å². The molecule has 0 radical (unpaired) electrons. The Kier molecular flexibility index (Phi) is 5.93. The Balaban J connectivity index is 1.39. The molecule has 0 unspecified atom stereocenters. The molecule has 0 N–H and O–H groups in total. The zero-order chi connectivity index (χ0) is 26.7. The molecule has 0 atom stereocenters. The number of nitrogens with zero attached hydrogens (tertiary/aromatic N) is 6.